The van der Waals surface area contributed by atoms with Crippen molar-refractivity contribution in [1.82, 2.24) is 19.9 Å². The molecule has 0 radical (unpaired) electrons. The molecule has 2 atom stereocenters. The number of piperidine rings is 1. The lowest BCUT2D eigenvalue weighted by molar-refractivity contribution is -0.158. The maximum Gasteiger partial charge on any atom is 0.295 e. The van der Waals surface area contributed by atoms with E-state index in [-0.39, 0.29) is 18.2 Å². The van der Waals surface area contributed by atoms with Crippen LogP contribution >= 0.6 is 11.3 Å². The predicted octanol–water partition coefficient (Wildman–Crippen LogP) is 3.82. The summed E-state index contributed by atoms with van der Waals surface area (Å²) in [7, 11) is 0. The van der Waals surface area contributed by atoms with Gasteiger partial charge in [0, 0.05) is 38.2 Å². The third kappa shape index (κ3) is 3.25. The number of thiazole rings is 1. The average Bonchev–Trinajstić information content (AvgIpc) is 3.43. The van der Waals surface area contributed by atoms with Crippen LogP contribution in [0.3, 0.4) is 0 Å². The van der Waals surface area contributed by atoms with Crippen LogP contribution in [0.15, 0.2) is 36.7 Å². The molecule has 3 fully saturated rings. The maximum atomic E-state index is 13.8. The first-order valence-electron chi connectivity index (χ1n) is 10.6. The maximum absolute atomic E-state index is 13.8. The lowest BCUT2D eigenvalue weighted by Gasteiger charge is -2.36. The molecule has 3 aromatic rings. The second-order valence-electron chi connectivity index (χ2n) is 8.42. The molecule has 0 bridgehead atoms. The molecule has 10 heteroatoms. The Morgan fingerprint density at radius 3 is 2.69 bits per heavy atom. The minimum Gasteiger partial charge on any atom is -0.374 e. The molecule has 2 unspecified atom stereocenters. The number of rotatable bonds is 3. The topological polar surface area (TPSA) is 67.8 Å². The van der Waals surface area contributed by atoms with E-state index in [4.69, 9.17) is 9.57 Å². The summed E-state index contributed by atoms with van der Waals surface area (Å²) in [5.41, 5.74) is 0.355. The molecule has 0 saturated carbocycles. The van der Waals surface area contributed by atoms with Gasteiger partial charge in [-0.25, -0.2) is 8.78 Å². The van der Waals surface area contributed by atoms with Crippen LogP contribution in [-0.4, -0.2) is 50.8 Å². The van der Waals surface area contributed by atoms with Crippen molar-refractivity contribution in [3.8, 4) is 5.19 Å². The summed E-state index contributed by atoms with van der Waals surface area (Å²) in [5.74, 6) is -1.37. The van der Waals surface area contributed by atoms with Gasteiger partial charge in [0.15, 0.2) is 5.60 Å². The summed E-state index contributed by atoms with van der Waals surface area (Å²) >= 11 is 1.45. The van der Waals surface area contributed by atoms with Gasteiger partial charge in [0.1, 0.15) is 23.4 Å². The summed E-state index contributed by atoms with van der Waals surface area (Å²) < 4.78 is 34.8. The second kappa shape index (κ2) is 7.43. The molecule has 3 saturated heterocycles. The van der Waals surface area contributed by atoms with Gasteiger partial charge in [-0.1, -0.05) is 11.3 Å². The zero-order valence-corrected chi connectivity index (χ0v) is 17.9. The summed E-state index contributed by atoms with van der Waals surface area (Å²) in [6.45, 7) is 1.03. The number of nitrogens with zero attached hydrogens (tertiary/aromatic N) is 4. The van der Waals surface area contributed by atoms with Crippen LogP contribution in [0.4, 0.5) is 8.78 Å². The number of pyridine rings is 1. The molecule has 5 heterocycles. The van der Waals surface area contributed by atoms with E-state index in [1.165, 1.54) is 23.5 Å². The van der Waals surface area contributed by atoms with Crippen molar-refractivity contribution in [3.63, 3.8) is 0 Å². The number of carbonyl (C=O) groups is 1. The largest absolute Gasteiger partial charge is 0.374 e. The van der Waals surface area contributed by atoms with Gasteiger partial charge in [-0.2, -0.15) is 4.98 Å². The van der Waals surface area contributed by atoms with E-state index in [0.717, 1.165) is 16.3 Å². The van der Waals surface area contributed by atoms with Crippen LogP contribution in [0.5, 0.6) is 5.19 Å². The molecule has 166 valence electrons. The number of carbonyl (C=O) groups excluding carboxylic acids is 1. The van der Waals surface area contributed by atoms with E-state index in [2.05, 4.69) is 9.97 Å². The van der Waals surface area contributed by atoms with Gasteiger partial charge >= 0.3 is 0 Å². The molecule has 3 aliphatic heterocycles. The third-order valence-electron chi connectivity index (χ3n) is 6.50. The first-order valence-corrected chi connectivity index (χ1v) is 11.4. The van der Waals surface area contributed by atoms with E-state index < -0.39 is 17.2 Å². The highest BCUT2D eigenvalue weighted by molar-refractivity contribution is 7.20. The van der Waals surface area contributed by atoms with Crippen LogP contribution in [0.2, 0.25) is 0 Å². The molecule has 1 spiro atoms. The fourth-order valence-electron chi connectivity index (χ4n) is 4.99. The molecule has 1 amide bonds. The van der Waals surface area contributed by atoms with Crippen molar-refractivity contribution in [3.05, 3.63) is 53.9 Å². The summed E-state index contributed by atoms with van der Waals surface area (Å²) in [4.78, 5) is 29.6. The van der Waals surface area contributed by atoms with Crippen molar-refractivity contribution >= 4 is 27.5 Å². The third-order valence-corrected chi connectivity index (χ3v) is 7.40. The molecule has 6 rings (SSSR count). The second-order valence-corrected chi connectivity index (χ2v) is 9.41. The van der Waals surface area contributed by atoms with E-state index in [1.54, 1.807) is 22.4 Å². The highest BCUT2D eigenvalue weighted by Gasteiger charge is 2.58. The van der Waals surface area contributed by atoms with E-state index in [1.807, 2.05) is 6.07 Å². The number of hydrogen-bond donors (Lipinski definition) is 0. The summed E-state index contributed by atoms with van der Waals surface area (Å²) in [5, 5.41) is 2.34. The highest BCUT2D eigenvalue weighted by atomic mass is 32.1. The number of fused-ring (bicyclic) bond motifs is 2. The predicted molar refractivity (Wildman–Crippen MR) is 112 cm³/mol. The van der Waals surface area contributed by atoms with Crippen LogP contribution in [-0.2, 0) is 9.53 Å². The Bertz CT molecular complexity index is 1140. The van der Waals surface area contributed by atoms with Crippen molar-refractivity contribution in [1.29, 1.82) is 0 Å². The van der Waals surface area contributed by atoms with Gasteiger partial charge in [-0.3, -0.25) is 9.78 Å². The molecular formula is C22H20F2N4O3S. The Balaban J connectivity index is 1.16. The molecule has 0 aliphatic carbocycles. The van der Waals surface area contributed by atoms with Gasteiger partial charge in [-0.05, 0) is 36.6 Å². The first-order chi connectivity index (χ1) is 15.5. The van der Waals surface area contributed by atoms with E-state index in [0.29, 0.717) is 49.5 Å². The smallest absolute Gasteiger partial charge is 0.295 e. The molecular weight excluding hydrogens is 438 g/mol. The molecule has 3 aliphatic rings. The average molecular weight is 458 g/mol. The van der Waals surface area contributed by atoms with E-state index >= 15 is 0 Å². The van der Waals surface area contributed by atoms with Gasteiger partial charge in [0.05, 0.1) is 16.9 Å². The summed E-state index contributed by atoms with van der Waals surface area (Å²) in [6, 6.07) is 4.97. The van der Waals surface area contributed by atoms with Crippen LogP contribution < -0.4 is 4.84 Å². The SMILES string of the molecule is O=C1N2C(CCC2c2cc(F)cc(F)c2)OC12CCN(Oc1nc3cnccc3s1)CC2. The van der Waals surface area contributed by atoms with Crippen molar-refractivity contribution in [2.45, 2.75) is 43.6 Å². The van der Waals surface area contributed by atoms with Gasteiger partial charge < -0.3 is 14.5 Å². The number of hydroxylamine groups is 2. The van der Waals surface area contributed by atoms with E-state index in [9.17, 15) is 13.6 Å². The molecule has 0 N–H and O–H groups in total. The van der Waals surface area contributed by atoms with Gasteiger partial charge in [-0.15, -0.1) is 5.06 Å². The number of benzene rings is 1. The van der Waals surface area contributed by atoms with Crippen LogP contribution in [0.1, 0.15) is 37.3 Å². The standard InChI is InChI=1S/C22H20F2N4O3S/c23-14-9-13(10-15(24)11-14)17-1-2-19-28(17)20(29)22(30-19)4-7-27(8-5-22)31-21-26-16-12-25-6-3-18(16)32-21/h3,6,9-12,17,19H,1-2,4-5,7-8H2. The minimum absolute atomic E-state index is 0.0969. The molecule has 1 aromatic carbocycles. The van der Waals surface area contributed by atoms with Crippen molar-refractivity contribution in [2.75, 3.05) is 13.1 Å². The Kier molecular flexibility index (Phi) is 4.63. The summed E-state index contributed by atoms with van der Waals surface area (Å²) in [6.07, 6.45) is 5.29. The molecule has 7 nitrogen and oxygen atoms in total. The quantitative estimate of drug-likeness (QED) is 0.595. The first kappa shape index (κ1) is 20.0. The number of halogens is 2. The van der Waals surface area contributed by atoms with Crippen molar-refractivity contribution < 1.29 is 23.1 Å². The molecule has 32 heavy (non-hydrogen) atoms. The van der Waals surface area contributed by atoms with Gasteiger partial charge in [0.2, 0.25) is 0 Å². The van der Waals surface area contributed by atoms with Crippen LogP contribution in [0, 0.1) is 11.6 Å². The Morgan fingerprint density at radius 1 is 1.16 bits per heavy atom. The number of amides is 1. The number of aromatic nitrogens is 2. The lowest BCUT2D eigenvalue weighted by atomic mass is 9.90. The number of hydrogen-bond acceptors (Lipinski definition) is 7. The normalized spacial score (nSPS) is 25.1. The Labute approximate surface area is 186 Å². The fraction of sp³-hybridized carbons (Fsp3) is 0.409. The Morgan fingerprint density at radius 2 is 1.94 bits per heavy atom. The number of ether oxygens (including phenoxy) is 1. The molecule has 2 aromatic heterocycles. The highest BCUT2D eigenvalue weighted by Crippen LogP contribution is 2.47. The fourth-order valence-corrected chi connectivity index (χ4v) is 5.79. The Hall–Kier alpha value is -2.69. The zero-order chi connectivity index (χ0) is 21.9. The lowest BCUT2D eigenvalue weighted by Crippen LogP contribution is -2.51. The van der Waals surface area contributed by atoms with Gasteiger partial charge in [0.25, 0.3) is 11.1 Å². The minimum atomic E-state index is -0.910. The van der Waals surface area contributed by atoms with Crippen molar-refractivity contribution in [2.24, 2.45) is 0 Å². The zero-order valence-electron chi connectivity index (χ0n) is 17.0. The monoisotopic (exact) mass is 458 g/mol. The van der Waals surface area contributed by atoms with Crippen LogP contribution in [0.25, 0.3) is 10.2 Å².